The Balaban J connectivity index is 2.26. The highest BCUT2D eigenvalue weighted by Gasteiger charge is 2.33. The van der Waals surface area contributed by atoms with E-state index in [-0.39, 0.29) is 13.2 Å². The van der Waals surface area contributed by atoms with Crippen LogP contribution in [0, 0.1) is 0 Å². The van der Waals surface area contributed by atoms with E-state index < -0.39 is 17.4 Å². The average molecular weight is 344 g/mol. The van der Waals surface area contributed by atoms with Gasteiger partial charge in [0.2, 0.25) is 6.79 Å². The van der Waals surface area contributed by atoms with Gasteiger partial charge in [-0.25, -0.2) is 4.79 Å². The van der Waals surface area contributed by atoms with E-state index in [2.05, 4.69) is 21.2 Å². The topological polar surface area (TPSA) is 84.9 Å². The predicted molar refractivity (Wildman–Crippen MR) is 74.1 cm³/mol. The lowest BCUT2D eigenvalue weighted by Gasteiger charge is -2.24. The quantitative estimate of drug-likeness (QED) is 0.874. The van der Waals surface area contributed by atoms with Crippen LogP contribution in [-0.4, -0.2) is 29.3 Å². The van der Waals surface area contributed by atoms with E-state index in [0.717, 1.165) is 0 Å². The standard InChI is InChI=1S/C13H14BrNO5/c1-3-13(2,12(17)18)15-11(16)7-4-8(14)10-9(5-7)19-6-20-10/h4-5H,3,6H2,1-2H3,(H,15,16)(H,17,18). The van der Waals surface area contributed by atoms with Crippen LogP contribution >= 0.6 is 15.9 Å². The maximum Gasteiger partial charge on any atom is 0.329 e. The zero-order valence-corrected chi connectivity index (χ0v) is 12.6. The van der Waals surface area contributed by atoms with Gasteiger partial charge in [0, 0.05) is 5.56 Å². The number of nitrogens with one attached hydrogen (secondary N) is 1. The fourth-order valence-corrected chi connectivity index (χ4v) is 2.27. The number of amides is 1. The second-order valence-corrected chi connectivity index (χ2v) is 5.49. The van der Waals surface area contributed by atoms with E-state index in [1.807, 2.05) is 0 Å². The third kappa shape index (κ3) is 2.58. The zero-order valence-electron chi connectivity index (χ0n) is 11.0. The molecule has 0 spiro atoms. The van der Waals surface area contributed by atoms with Gasteiger partial charge in [-0.05, 0) is 41.4 Å². The van der Waals surface area contributed by atoms with Crippen molar-refractivity contribution in [1.29, 1.82) is 0 Å². The van der Waals surface area contributed by atoms with Crippen molar-refractivity contribution in [1.82, 2.24) is 5.32 Å². The molecule has 1 aromatic rings. The molecule has 6 nitrogen and oxygen atoms in total. The number of ether oxygens (including phenoxy) is 2. The Labute approximate surface area is 124 Å². The number of hydrogen-bond acceptors (Lipinski definition) is 4. The van der Waals surface area contributed by atoms with E-state index in [9.17, 15) is 9.59 Å². The van der Waals surface area contributed by atoms with Gasteiger partial charge in [0.15, 0.2) is 11.5 Å². The highest BCUT2D eigenvalue weighted by Crippen LogP contribution is 2.40. The van der Waals surface area contributed by atoms with Crippen molar-refractivity contribution in [2.24, 2.45) is 0 Å². The lowest BCUT2D eigenvalue weighted by molar-refractivity contribution is -0.143. The van der Waals surface area contributed by atoms with E-state index >= 15 is 0 Å². The number of carboxylic acid groups (broad SMARTS) is 1. The predicted octanol–water partition coefficient (Wildman–Crippen LogP) is 2.16. The number of benzene rings is 1. The van der Waals surface area contributed by atoms with Crippen LogP contribution in [0.3, 0.4) is 0 Å². The molecule has 2 N–H and O–H groups in total. The molecule has 1 heterocycles. The molecule has 0 aromatic heterocycles. The molecule has 0 radical (unpaired) electrons. The molecule has 2 rings (SSSR count). The molecule has 1 unspecified atom stereocenters. The first-order chi connectivity index (χ1) is 9.37. The Morgan fingerprint density at radius 3 is 2.75 bits per heavy atom. The maximum atomic E-state index is 12.2. The largest absolute Gasteiger partial charge is 0.480 e. The summed E-state index contributed by atoms with van der Waals surface area (Å²) in [5.74, 6) is -0.556. The van der Waals surface area contributed by atoms with Crippen molar-refractivity contribution >= 4 is 27.8 Å². The van der Waals surface area contributed by atoms with Gasteiger partial charge in [0.1, 0.15) is 5.54 Å². The van der Waals surface area contributed by atoms with Gasteiger partial charge < -0.3 is 19.9 Å². The first-order valence-corrected chi connectivity index (χ1v) is 6.81. The summed E-state index contributed by atoms with van der Waals surface area (Å²) in [4.78, 5) is 23.4. The molecule has 108 valence electrons. The second-order valence-electron chi connectivity index (χ2n) is 4.64. The molecule has 1 aliphatic rings. The summed E-state index contributed by atoms with van der Waals surface area (Å²) >= 11 is 3.29. The molecular weight excluding hydrogens is 330 g/mol. The SMILES string of the molecule is CCC(C)(NC(=O)c1cc(Br)c2c(c1)OCO2)C(=O)O. The number of aliphatic carboxylic acids is 1. The Kier molecular flexibility index (Phi) is 3.89. The van der Waals surface area contributed by atoms with Gasteiger partial charge in [0.25, 0.3) is 5.91 Å². The van der Waals surface area contributed by atoms with Crippen LogP contribution in [0.5, 0.6) is 11.5 Å². The average Bonchev–Trinajstić information content (AvgIpc) is 2.87. The van der Waals surface area contributed by atoms with Gasteiger partial charge in [-0.15, -0.1) is 0 Å². The Morgan fingerprint density at radius 2 is 2.15 bits per heavy atom. The third-order valence-corrected chi connectivity index (χ3v) is 3.85. The molecule has 0 saturated carbocycles. The molecule has 1 atom stereocenters. The first-order valence-electron chi connectivity index (χ1n) is 6.02. The lowest BCUT2D eigenvalue weighted by Crippen LogP contribution is -2.51. The minimum absolute atomic E-state index is 0.0980. The summed E-state index contributed by atoms with van der Waals surface area (Å²) in [5, 5.41) is 11.7. The summed E-state index contributed by atoms with van der Waals surface area (Å²) in [6.45, 7) is 3.26. The van der Waals surface area contributed by atoms with Crippen LogP contribution in [0.4, 0.5) is 0 Å². The molecule has 20 heavy (non-hydrogen) atoms. The van der Waals surface area contributed by atoms with Crippen LogP contribution in [0.25, 0.3) is 0 Å². The fourth-order valence-electron chi connectivity index (χ4n) is 1.71. The molecule has 7 heteroatoms. The Morgan fingerprint density at radius 1 is 1.45 bits per heavy atom. The fraction of sp³-hybridized carbons (Fsp3) is 0.385. The van der Waals surface area contributed by atoms with Gasteiger partial charge in [-0.1, -0.05) is 6.92 Å². The lowest BCUT2D eigenvalue weighted by atomic mass is 9.98. The zero-order chi connectivity index (χ0) is 14.9. The highest BCUT2D eigenvalue weighted by atomic mass is 79.9. The number of carbonyl (C=O) groups excluding carboxylic acids is 1. The van der Waals surface area contributed by atoms with Gasteiger partial charge in [-0.3, -0.25) is 4.79 Å². The van der Waals surface area contributed by atoms with Crippen molar-refractivity contribution in [3.63, 3.8) is 0 Å². The minimum Gasteiger partial charge on any atom is -0.480 e. The number of carbonyl (C=O) groups is 2. The van der Waals surface area contributed by atoms with Gasteiger partial charge >= 0.3 is 5.97 Å². The maximum absolute atomic E-state index is 12.2. The monoisotopic (exact) mass is 343 g/mol. The molecule has 0 bridgehead atoms. The molecule has 0 fully saturated rings. The summed E-state index contributed by atoms with van der Waals surface area (Å²) in [7, 11) is 0. The number of halogens is 1. The van der Waals surface area contributed by atoms with Crippen LogP contribution in [0.2, 0.25) is 0 Å². The minimum atomic E-state index is -1.31. The summed E-state index contributed by atoms with van der Waals surface area (Å²) in [6, 6.07) is 3.10. The number of hydrogen-bond donors (Lipinski definition) is 2. The molecule has 0 saturated heterocycles. The van der Waals surface area contributed by atoms with Gasteiger partial charge in [0.05, 0.1) is 4.47 Å². The number of fused-ring (bicyclic) bond motifs is 1. The molecular formula is C13H14BrNO5. The van der Waals surface area contributed by atoms with Crippen molar-refractivity contribution in [3.05, 3.63) is 22.2 Å². The highest BCUT2D eigenvalue weighted by molar-refractivity contribution is 9.10. The number of carboxylic acids is 1. The Bertz CT molecular complexity index is 574. The number of rotatable bonds is 4. The van der Waals surface area contributed by atoms with E-state index in [4.69, 9.17) is 14.6 Å². The van der Waals surface area contributed by atoms with Crippen LogP contribution in [0.1, 0.15) is 30.6 Å². The summed E-state index contributed by atoms with van der Waals surface area (Å²) in [6.07, 6.45) is 0.278. The third-order valence-electron chi connectivity index (χ3n) is 3.26. The van der Waals surface area contributed by atoms with Gasteiger partial charge in [-0.2, -0.15) is 0 Å². The molecule has 1 amide bonds. The normalized spacial score (nSPS) is 15.6. The van der Waals surface area contributed by atoms with E-state index in [1.165, 1.54) is 13.0 Å². The van der Waals surface area contributed by atoms with E-state index in [1.54, 1.807) is 13.0 Å². The Hall–Kier alpha value is -1.76. The molecule has 0 aliphatic carbocycles. The smallest absolute Gasteiger partial charge is 0.329 e. The molecule has 1 aliphatic heterocycles. The van der Waals surface area contributed by atoms with Crippen molar-refractivity contribution in [2.45, 2.75) is 25.8 Å². The summed E-state index contributed by atoms with van der Waals surface area (Å²) < 4.78 is 11.0. The van der Waals surface area contributed by atoms with E-state index in [0.29, 0.717) is 21.5 Å². The summed E-state index contributed by atoms with van der Waals surface area (Å²) in [5.41, 5.74) is -0.998. The van der Waals surface area contributed by atoms with Crippen molar-refractivity contribution < 1.29 is 24.2 Å². The van der Waals surface area contributed by atoms with Crippen LogP contribution in [0.15, 0.2) is 16.6 Å². The second kappa shape index (κ2) is 5.32. The first kappa shape index (κ1) is 14.6. The molecule has 1 aromatic carbocycles. The van der Waals surface area contributed by atoms with Crippen molar-refractivity contribution in [3.8, 4) is 11.5 Å². The van der Waals surface area contributed by atoms with Crippen LogP contribution < -0.4 is 14.8 Å². The van der Waals surface area contributed by atoms with Crippen molar-refractivity contribution in [2.75, 3.05) is 6.79 Å². The van der Waals surface area contributed by atoms with Crippen LogP contribution in [-0.2, 0) is 4.79 Å².